The van der Waals surface area contributed by atoms with E-state index in [1.807, 2.05) is 0 Å². The van der Waals surface area contributed by atoms with Crippen molar-refractivity contribution in [1.82, 2.24) is 9.88 Å². The van der Waals surface area contributed by atoms with Gasteiger partial charge in [-0.05, 0) is 30.3 Å². The first-order valence-electron chi connectivity index (χ1n) is 7.01. The van der Waals surface area contributed by atoms with Crippen LogP contribution in [0.2, 0.25) is 5.02 Å². The Labute approximate surface area is 157 Å². The normalized spacial score (nSPS) is 16.1. The number of benzene rings is 1. The lowest BCUT2D eigenvalue weighted by Gasteiger charge is -2.10. The van der Waals surface area contributed by atoms with Crippen molar-refractivity contribution in [3.8, 4) is 5.75 Å². The number of rotatable bonds is 4. The number of nitrogens with zero attached hydrogens (tertiary/aromatic N) is 2. The summed E-state index contributed by atoms with van der Waals surface area (Å²) in [5.41, 5.74) is 1.09. The minimum Gasteiger partial charge on any atom is -0.494 e. The Bertz CT molecular complexity index is 945. The number of fused-ring (bicyclic) bond motifs is 1. The average molecular weight is 395 g/mol. The van der Waals surface area contributed by atoms with E-state index in [1.54, 1.807) is 30.3 Å². The number of hydrogen-bond acceptors (Lipinski definition) is 6. The molecular weight excluding hydrogens is 384 g/mol. The van der Waals surface area contributed by atoms with Gasteiger partial charge in [0.2, 0.25) is 0 Å². The third-order valence-corrected chi connectivity index (χ3v) is 5.16. The number of carboxylic acid groups (broad SMARTS) is 1. The number of carbonyl (C=O) groups excluding carboxylic acids is 1. The predicted octanol–water partition coefficient (Wildman–Crippen LogP) is 3.18. The molecule has 0 spiro atoms. The zero-order valence-corrected chi connectivity index (χ0v) is 15.2. The Morgan fingerprint density at radius 2 is 2.20 bits per heavy atom. The molecule has 128 valence electrons. The molecule has 1 aliphatic rings. The van der Waals surface area contributed by atoms with Gasteiger partial charge in [-0.15, -0.1) is 0 Å². The van der Waals surface area contributed by atoms with Crippen LogP contribution >= 0.6 is 35.6 Å². The van der Waals surface area contributed by atoms with Crippen LogP contribution in [0.5, 0.6) is 5.75 Å². The van der Waals surface area contributed by atoms with Crippen molar-refractivity contribution in [2.75, 3.05) is 13.7 Å². The van der Waals surface area contributed by atoms with Crippen LogP contribution in [0.4, 0.5) is 0 Å². The van der Waals surface area contributed by atoms with Gasteiger partial charge in [0.05, 0.1) is 22.7 Å². The molecule has 2 heterocycles. The summed E-state index contributed by atoms with van der Waals surface area (Å²) in [5.74, 6) is -1.01. The van der Waals surface area contributed by atoms with E-state index in [-0.39, 0.29) is 4.32 Å². The van der Waals surface area contributed by atoms with Crippen molar-refractivity contribution in [2.24, 2.45) is 0 Å². The van der Waals surface area contributed by atoms with Gasteiger partial charge in [-0.25, -0.2) is 4.98 Å². The van der Waals surface area contributed by atoms with Gasteiger partial charge in [-0.3, -0.25) is 14.5 Å². The Morgan fingerprint density at radius 3 is 2.88 bits per heavy atom. The average Bonchev–Trinajstić information content (AvgIpc) is 2.82. The third-order valence-electron chi connectivity index (χ3n) is 3.45. The molecule has 0 saturated carbocycles. The van der Waals surface area contributed by atoms with E-state index in [0.29, 0.717) is 26.9 Å². The topological polar surface area (TPSA) is 79.7 Å². The summed E-state index contributed by atoms with van der Waals surface area (Å²) in [6.45, 7) is -0.462. The third kappa shape index (κ3) is 3.46. The highest BCUT2D eigenvalue weighted by atomic mass is 35.5. The molecule has 0 radical (unpaired) electrons. The molecule has 1 fully saturated rings. The Hall–Kier alpha value is -2.16. The Morgan fingerprint density at radius 1 is 1.44 bits per heavy atom. The summed E-state index contributed by atoms with van der Waals surface area (Å²) >= 11 is 12.3. The first kappa shape index (κ1) is 17.7. The summed E-state index contributed by atoms with van der Waals surface area (Å²) in [6.07, 6.45) is 1.57. The number of carbonyl (C=O) groups is 2. The van der Waals surface area contributed by atoms with Gasteiger partial charge < -0.3 is 9.84 Å². The number of halogens is 1. The molecule has 0 bridgehead atoms. The number of hydrogen-bond donors (Lipinski definition) is 1. The lowest BCUT2D eigenvalue weighted by atomic mass is 10.2. The van der Waals surface area contributed by atoms with Crippen LogP contribution in [0.15, 0.2) is 29.2 Å². The largest absolute Gasteiger partial charge is 0.494 e. The molecule has 0 atom stereocenters. The summed E-state index contributed by atoms with van der Waals surface area (Å²) < 4.78 is 5.51. The molecule has 3 rings (SSSR count). The molecule has 0 unspecified atom stereocenters. The van der Waals surface area contributed by atoms with E-state index in [4.69, 9.17) is 33.7 Å². The number of aromatic nitrogens is 1. The van der Waals surface area contributed by atoms with Crippen molar-refractivity contribution in [3.63, 3.8) is 0 Å². The minimum atomic E-state index is -1.12. The van der Waals surface area contributed by atoms with E-state index in [1.165, 1.54) is 7.11 Å². The molecule has 1 saturated heterocycles. The molecule has 1 aliphatic heterocycles. The van der Waals surface area contributed by atoms with E-state index < -0.39 is 18.4 Å². The maximum atomic E-state index is 12.3. The highest BCUT2D eigenvalue weighted by molar-refractivity contribution is 8.26. The fraction of sp³-hybridized carbons (Fsp3) is 0.125. The standard InChI is InChI=1S/C16H11ClN2O4S2/c1-23-11-5-4-10(17)9-3-2-8(18-14(9)11)6-12-15(22)19(7-13(20)21)16(24)25-12/h2-6H,7H2,1H3,(H,20,21)/b12-6-. The Kier molecular flexibility index (Phi) is 4.94. The van der Waals surface area contributed by atoms with Crippen LogP contribution in [0.1, 0.15) is 5.69 Å². The number of aliphatic carboxylic acids is 1. The van der Waals surface area contributed by atoms with Crippen LogP contribution in [0.3, 0.4) is 0 Å². The zero-order valence-electron chi connectivity index (χ0n) is 12.9. The maximum Gasteiger partial charge on any atom is 0.323 e. The molecule has 1 aromatic heterocycles. The quantitative estimate of drug-likeness (QED) is 0.630. The van der Waals surface area contributed by atoms with Gasteiger partial charge in [-0.2, -0.15) is 0 Å². The first-order valence-corrected chi connectivity index (χ1v) is 8.61. The number of thiocarbonyl (C=S) groups is 1. The summed E-state index contributed by atoms with van der Waals surface area (Å²) in [7, 11) is 1.54. The van der Waals surface area contributed by atoms with E-state index in [0.717, 1.165) is 22.0 Å². The summed E-state index contributed by atoms with van der Waals surface area (Å²) in [6, 6.07) is 6.95. The van der Waals surface area contributed by atoms with Gasteiger partial charge in [0, 0.05) is 5.39 Å². The number of amides is 1. The lowest BCUT2D eigenvalue weighted by Crippen LogP contribution is -2.33. The number of carboxylic acids is 1. The fourth-order valence-electron chi connectivity index (χ4n) is 2.32. The summed E-state index contributed by atoms with van der Waals surface area (Å²) in [4.78, 5) is 29.0. The molecule has 1 N–H and O–H groups in total. The van der Waals surface area contributed by atoms with Gasteiger partial charge in [0.15, 0.2) is 0 Å². The van der Waals surface area contributed by atoms with Gasteiger partial charge in [0.1, 0.15) is 22.1 Å². The minimum absolute atomic E-state index is 0.208. The van der Waals surface area contributed by atoms with Gasteiger partial charge >= 0.3 is 5.97 Å². The molecular formula is C16H11ClN2O4S2. The highest BCUT2D eigenvalue weighted by Crippen LogP contribution is 2.34. The zero-order chi connectivity index (χ0) is 18.1. The fourth-order valence-corrected chi connectivity index (χ4v) is 3.78. The smallest absolute Gasteiger partial charge is 0.323 e. The first-order chi connectivity index (χ1) is 11.9. The van der Waals surface area contributed by atoms with Crippen LogP contribution in [-0.4, -0.2) is 44.8 Å². The van der Waals surface area contributed by atoms with Crippen LogP contribution < -0.4 is 4.74 Å². The van der Waals surface area contributed by atoms with Gasteiger partial charge in [0.25, 0.3) is 5.91 Å². The molecule has 1 aromatic carbocycles. The molecule has 9 heteroatoms. The number of thioether (sulfide) groups is 1. The van der Waals surface area contributed by atoms with E-state index in [2.05, 4.69) is 4.98 Å². The lowest BCUT2D eigenvalue weighted by molar-refractivity contribution is -0.140. The Balaban J connectivity index is 2.00. The van der Waals surface area contributed by atoms with Crippen molar-refractivity contribution in [1.29, 1.82) is 0 Å². The van der Waals surface area contributed by atoms with Crippen molar-refractivity contribution >= 4 is 68.8 Å². The maximum absolute atomic E-state index is 12.3. The number of pyridine rings is 1. The summed E-state index contributed by atoms with van der Waals surface area (Å²) in [5, 5.41) is 10.1. The molecule has 2 aromatic rings. The monoisotopic (exact) mass is 394 g/mol. The number of ether oxygens (including phenoxy) is 1. The van der Waals surface area contributed by atoms with Crippen LogP contribution in [0, 0.1) is 0 Å². The SMILES string of the molecule is COc1ccc(Cl)c2ccc(/C=C3\SC(=S)N(CC(=O)O)C3=O)nc12. The molecule has 1 amide bonds. The predicted molar refractivity (Wildman–Crippen MR) is 101 cm³/mol. The second kappa shape index (κ2) is 6.99. The molecule has 0 aliphatic carbocycles. The highest BCUT2D eigenvalue weighted by Gasteiger charge is 2.33. The van der Waals surface area contributed by atoms with E-state index in [9.17, 15) is 9.59 Å². The number of methoxy groups -OCH3 is 1. The van der Waals surface area contributed by atoms with Gasteiger partial charge in [-0.1, -0.05) is 35.6 Å². The van der Waals surface area contributed by atoms with E-state index >= 15 is 0 Å². The molecule has 6 nitrogen and oxygen atoms in total. The second-order valence-electron chi connectivity index (χ2n) is 5.04. The van der Waals surface area contributed by atoms with Crippen LogP contribution in [-0.2, 0) is 9.59 Å². The van der Waals surface area contributed by atoms with Crippen molar-refractivity contribution in [3.05, 3.63) is 39.9 Å². The van der Waals surface area contributed by atoms with Crippen molar-refractivity contribution in [2.45, 2.75) is 0 Å². The van der Waals surface area contributed by atoms with Crippen molar-refractivity contribution < 1.29 is 19.4 Å². The second-order valence-corrected chi connectivity index (χ2v) is 7.13. The van der Waals surface area contributed by atoms with Crippen LogP contribution in [0.25, 0.3) is 17.0 Å². The molecule has 25 heavy (non-hydrogen) atoms.